The van der Waals surface area contributed by atoms with Gasteiger partial charge in [-0.05, 0) is 25.0 Å². The number of halogens is 1. The van der Waals surface area contributed by atoms with E-state index in [1.807, 2.05) is 24.3 Å². The van der Waals surface area contributed by atoms with Crippen LogP contribution >= 0.6 is 23.4 Å². The van der Waals surface area contributed by atoms with Crippen LogP contribution in [0.15, 0.2) is 29.2 Å². The van der Waals surface area contributed by atoms with Crippen LogP contribution in [0.5, 0.6) is 0 Å². The van der Waals surface area contributed by atoms with Crippen molar-refractivity contribution in [1.29, 1.82) is 0 Å². The fourth-order valence-corrected chi connectivity index (χ4v) is 3.05. The monoisotopic (exact) mass is 272 g/mol. The maximum atomic E-state index is 10.7. The Morgan fingerprint density at radius 3 is 2.88 bits per heavy atom. The Hall–Kier alpha value is -0.710. The van der Waals surface area contributed by atoms with Gasteiger partial charge in [-0.3, -0.25) is 0 Å². The zero-order valence-electron chi connectivity index (χ0n) is 9.14. The lowest BCUT2D eigenvalue weighted by Gasteiger charge is -2.11. The molecular weight excluding hydrogens is 260 g/mol. The van der Waals surface area contributed by atoms with Crippen molar-refractivity contribution in [3.8, 4) is 0 Å². The highest BCUT2D eigenvalue weighted by Gasteiger charge is 2.30. The molecule has 1 fully saturated rings. The Morgan fingerprint density at radius 1 is 1.47 bits per heavy atom. The van der Waals surface area contributed by atoms with Gasteiger partial charge in [-0.15, -0.1) is 11.8 Å². The van der Waals surface area contributed by atoms with Gasteiger partial charge in [-0.2, -0.15) is 0 Å². The molecule has 0 spiro atoms. The molecule has 2 unspecified atom stereocenters. The Kier molecular flexibility index (Phi) is 4.31. The van der Waals surface area contributed by atoms with E-state index in [9.17, 15) is 4.79 Å². The number of rotatable bonds is 4. The Balaban J connectivity index is 1.84. The van der Waals surface area contributed by atoms with Crippen molar-refractivity contribution in [3.63, 3.8) is 0 Å². The first-order chi connectivity index (χ1) is 8.16. The van der Waals surface area contributed by atoms with E-state index in [1.165, 1.54) is 0 Å². The number of carboxylic acids is 1. The van der Waals surface area contributed by atoms with E-state index in [1.54, 1.807) is 11.8 Å². The van der Waals surface area contributed by atoms with Crippen LogP contribution in [-0.2, 0) is 9.53 Å². The van der Waals surface area contributed by atoms with E-state index in [4.69, 9.17) is 21.4 Å². The van der Waals surface area contributed by atoms with E-state index >= 15 is 0 Å². The van der Waals surface area contributed by atoms with Crippen LogP contribution in [0.2, 0.25) is 5.02 Å². The molecule has 1 heterocycles. The van der Waals surface area contributed by atoms with Gasteiger partial charge in [0.15, 0.2) is 6.10 Å². The summed E-state index contributed by atoms with van der Waals surface area (Å²) < 4.78 is 5.42. The summed E-state index contributed by atoms with van der Waals surface area (Å²) in [6.07, 6.45) is 0.779. The molecule has 3 nitrogen and oxygen atoms in total. The second-order valence-electron chi connectivity index (χ2n) is 3.90. The van der Waals surface area contributed by atoms with Crippen LogP contribution in [0, 0.1) is 0 Å². The van der Waals surface area contributed by atoms with Gasteiger partial charge in [-0.25, -0.2) is 4.79 Å². The fourth-order valence-electron chi connectivity index (χ4n) is 1.75. The zero-order valence-corrected chi connectivity index (χ0v) is 10.7. The molecule has 0 aromatic heterocycles. The number of carboxylic acid groups (broad SMARTS) is 1. The molecule has 5 heteroatoms. The largest absolute Gasteiger partial charge is 0.479 e. The predicted octanol–water partition coefficient (Wildman–Crippen LogP) is 3.06. The van der Waals surface area contributed by atoms with Gasteiger partial charge >= 0.3 is 5.97 Å². The minimum absolute atomic E-state index is 0.0115. The molecule has 1 aliphatic heterocycles. The van der Waals surface area contributed by atoms with E-state index in [0.717, 1.165) is 22.1 Å². The maximum Gasteiger partial charge on any atom is 0.332 e. The molecule has 17 heavy (non-hydrogen) atoms. The molecule has 2 rings (SSSR count). The van der Waals surface area contributed by atoms with Gasteiger partial charge in [0.05, 0.1) is 11.1 Å². The molecule has 1 aromatic rings. The summed E-state index contributed by atoms with van der Waals surface area (Å²) in [4.78, 5) is 11.7. The highest BCUT2D eigenvalue weighted by Crippen LogP contribution is 2.30. The normalized spacial score (nSPS) is 23.8. The molecule has 0 aliphatic carbocycles. The third-order valence-electron chi connectivity index (χ3n) is 2.64. The second-order valence-corrected chi connectivity index (χ2v) is 5.37. The Bertz CT molecular complexity index is 410. The number of thioether (sulfide) groups is 1. The predicted molar refractivity (Wildman–Crippen MR) is 67.7 cm³/mol. The molecule has 0 bridgehead atoms. The van der Waals surface area contributed by atoms with E-state index < -0.39 is 12.1 Å². The minimum Gasteiger partial charge on any atom is -0.479 e. The maximum absolute atomic E-state index is 10.7. The number of carbonyl (C=O) groups is 1. The van der Waals surface area contributed by atoms with E-state index in [-0.39, 0.29) is 6.10 Å². The van der Waals surface area contributed by atoms with Gasteiger partial charge in [0.1, 0.15) is 0 Å². The van der Waals surface area contributed by atoms with Crippen molar-refractivity contribution >= 4 is 29.3 Å². The van der Waals surface area contributed by atoms with Crippen LogP contribution < -0.4 is 0 Å². The number of aliphatic carboxylic acids is 1. The summed E-state index contributed by atoms with van der Waals surface area (Å²) in [5.41, 5.74) is 0. The van der Waals surface area contributed by atoms with Crippen LogP contribution in [0.4, 0.5) is 0 Å². The van der Waals surface area contributed by atoms with Crippen LogP contribution in [0.25, 0.3) is 0 Å². The van der Waals surface area contributed by atoms with Gasteiger partial charge in [0.25, 0.3) is 0 Å². The summed E-state index contributed by atoms with van der Waals surface area (Å²) in [7, 11) is 0. The molecule has 0 amide bonds. The molecule has 0 saturated carbocycles. The van der Waals surface area contributed by atoms with Crippen molar-refractivity contribution < 1.29 is 14.6 Å². The Labute approximate surface area is 109 Å². The molecule has 2 atom stereocenters. The highest BCUT2D eigenvalue weighted by atomic mass is 35.5. The standard InChI is InChI=1S/C12H13ClO3S/c13-9-3-1-2-4-11(9)17-7-8-5-6-10(16-8)12(14)15/h1-4,8,10H,5-7H2,(H,14,15). The molecule has 0 radical (unpaired) electrons. The zero-order chi connectivity index (χ0) is 12.3. The molecular formula is C12H13ClO3S. The second kappa shape index (κ2) is 5.76. The molecule has 92 valence electrons. The van der Waals surface area contributed by atoms with Crippen molar-refractivity contribution in [2.24, 2.45) is 0 Å². The van der Waals surface area contributed by atoms with Crippen LogP contribution in [0.3, 0.4) is 0 Å². The van der Waals surface area contributed by atoms with Gasteiger partial charge in [0.2, 0.25) is 0 Å². The average molecular weight is 273 g/mol. The van der Waals surface area contributed by atoms with Crippen LogP contribution in [0.1, 0.15) is 12.8 Å². The van der Waals surface area contributed by atoms with Crippen molar-refractivity contribution in [1.82, 2.24) is 0 Å². The lowest BCUT2D eigenvalue weighted by atomic mass is 10.2. The first-order valence-electron chi connectivity index (χ1n) is 5.42. The van der Waals surface area contributed by atoms with E-state index in [0.29, 0.717) is 6.42 Å². The average Bonchev–Trinajstić information content (AvgIpc) is 2.77. The topological polar surface area (TPSA) is 46.5 Å². The SMILES string of the molecule is O=C(O)C1CCC(CSc2ccccc2Cl)O1. The molecule has 1 saturated heterocycles. The molecule has 1 aromatic carbocycles. The number of benzene rings is 1. The summed E-state index contributed by atoms with van der Waals surface area (Å²) in [6.45, 7) is 0. The summed E-state index contributed by atoms with van der Waals surface area (Å²) >= 11 is 7.64. The number of ether oxygens (including phenoxy) is 1. The minimum atomic E-state index is -0.866. The highest BCUT2D eigenvalue weighted by molar-refractivity contribution is 7.99. The molecule has 1 aliphatic rings. The van der Waals surface area contributed by atoms with Crippen molar-refractivity contribution in [2.45, 2.75) is 29.9 Å². The lowest BCUT2D eigenvalue weighted by molar-refractivity contribution is -0.148. The van der Waals surface area contributed by atoms with Gasteiger partial charge in [0, 0.05) is 10.6 Å². The molecule has 1 N–H and O–H groups in total. The fraction of sp³-hybridized carbons (Fsp3) is 0.417. The number of hydrogen-bond donors (Lipinski definition) is 1. The van der Waals surface area contributed by atoms with Gasteiger partial charge < -0.3 is 9.84 Å². The quantitative estimate of drug-likeness (QED) is 0.856. The smallest absolute Gasteiger partial charge is 0.332 e. The Morgan fingerprint density at radius 2 is 2.24 bits per heavy atom. The first kappa shape index (κ1) is 12.7. The van der Waals surface area contributed by atoms with E-state index in [2.05, 4.69) is 0 Å². The summed E-state index contributed by atoms with van der Waals surface area (Å²) in [6, 6.07) is 7.62. The first-order valence-corrected chi connectivity index (χ1v) is 6.79. The third kappa shape index (κ3) is 3.37. The summed E-state index contributed by atoms with van der Waals surface area (Å²) in [5.74, 6) is -0.122. The lowest BCUT2D eigenvalue weighted by Crippen LogP contribution is -2.21. The van der Waals surface area contributed by atoms with Crippen molar-refractivity contribution in [2.75, 3.05) is 5.75 Å². The third-order valence-corrected chi connectivity index (χ3v) is 4.29. The summed E-state index contributed by atoms with van der Waals surface area (Å²) in [5, 5.41) is 9.53. The van der Waals surface area contributed by atoms with Gasteiger partial charge in [-0.1, -0.05) is 23.7 Å². The number of hydrogen-bond acceptors (Lipinski definition) is 3. The van der Waals surface area contributed by atoms with Crippen LogP contribution in [-0.4, -0.2) is 29.0 Å². The van der Waals surface area contributed by atoms with Crippen molar-refractivity contribution in [3.05, 3.63) is 29.3 Å².